The Morgan fingerprint density at radius 3 is 2.79 bits per heavy atom. The van der Waals surface area contributed by atoms with Crippen LogP contribution in [-0.4, -0.2) is 19.3 Å². The average molecular weight is 435 g/mol. The van der Waals surface area contributed by atoms with Gasteiger partial charge in [0.15, 0.2) is 5.13 Å². The van der Waals surface area contributed by atoms with Gasteiger partial charge in [0.1, 0.15) is 6.07 Å². The summed E-state index contributed by atoms with van der Waals surface area (Å²) in [4.78, 5) is 16.0. The topological polar surface area (TPSA) is 112 Å². The van der Waals surface area contributed by atoms with Crippen molar-refractivity contribution in [2.45, 2.75) is 24.7 Å². The van der Waals surface area contributed by atoms with E-state index in [-0.39, 0.29) is 21.4 Å². The molecule has 0 unspecified atom stereocenters. The van der Waals surface area contributed by atoms with Crippen molar-refractivity contribution in [3.63, 3.8) is 0 Å². The Bertz CT molecular complexity index is 1200. The van der Waals surface area contributed by atoms with Gasteiger partial charge in [0.25, 0.3) is 10.0 Å². The minimum Gasteiger partial charge on any atom is -0.302 e. The molecule has 0 atom stereocenters. The minimum absolute atomic E-state index is 0.0645. The number of halogens is 1. The molecule has 3 rings (SSSR count). The number of carbonyl (C=O) groups is 1. The molecule has 0 aliphatic carbocycles. The number of rotatable bonds is 6. The van der Waals surface area contributed by atoms with E-state index in [1.165, 1.54) is 29.5 Å². The van der Waals surface area contributed by atoms with Gasteiger partial charge in [-0.2, -0.15) is 5.26 Å². The lowest BCUT2D eigenvalue weighted by Gasteiger charge is -2.08. The predicted octanol–water partition coefficient (Wildman–Crippen LogP) is 4.36. The van der Waals surface area contributed by atoms with Crippen LogP contribution < -0.4 is 10.0 Å². The molecule has 144 valence electrons. The van der Waals surface area contributed by atoms with Crippen molar-refractivity contribution < 1.29 is 13.2 Å². The van der Waals surface area contributed by atoms with Crippen molar-refractivity contribution in [2.24, 2.45) is 0 Å². The number of hydrogen-bond acceptors (Lipinski definition) is 6. The van der Waals surface area contributed by atoms with Gasteiger partial charge in [0, 0.05) is 6.42 Å². The zero-order chi connectivity index (χ0) is 20.3. The highest BCUT2D eigenvalue weighted by atomic mass is 35.5. The fourth-order valence-electron chi connectivity index (χ4n) is 2.42. The molecular formula is C18H15ClN4O3S2. The molecule has 7 nitrogen and oxygen atoms in total. The SMILES string of the molecule is CCCC(=O)Nc1nc2ccc(NS(=O)(=O)c3ccc(Cl)c(C#N)c3)cc2s1. The highest BCUT2D eigenvalue weighted by Gasteiger charge is 2.17. The maximum Gasteiger partial charge on any atom is 0.261 e. The number of anilines is 2. The van der Waals surface area contributed by atoms with Crippen LogP contribution in [0.4, 0.5) is 10.8 Å². The van der Waals surface area contributed by atoms with Crippen LogP contribution in [0.1, 0.15) is 25.3 Å². The van der Waals surface area contributed by atoms with Crippen molar-refractivity contribution in [1.29, 1.82) is 5.26 Å². The Hall–Kier alpha value is -2.67. The second kappa shape index (κ2) is 8.14. The number of nitrogens with zero attached hydrogens (tertiary/aromatic N) is 2. The molecule has 0 radical (unpaired) electrons. The van der Waals surface area contributed by atoms with E-state index < -0.39 is 10.0 Å². The number of sulfonamides is 1. The van der Waals surface area contributed by atoms with E-state index in [1.54, 1.807) is 18.2 Å². The van der Waals surface area contributed by atoms with Gasteiger partial charge in [0.05, 0.1) is 31.4 Å². The summed E-state index contributed by atoms with van der Waals surface area (Å²) in [6.07, 6.45) is 1.15. The van der Waals surface area contributed by atoms with Crippen LogP contribution in [-0.2, 0) is 14.8 Å². The summed E-state index contributed by atoms with van der Waals surface area (Å²) in [6, 6.07) is 10.7. The van der Waals surface area contributed by atoms with Crippen LogP contribution in [0.15, 0.2) is 41.3 Å². The smallest absolute Gasteiger partial charge is 0.261 e. The molecule has 0 saturated heterocycles. The van der Waals surface area contributed by atoms with Crippen LogP contribution in [0.2, 0.25) is 5.02 Å². The highest BCUT2D eigenvalue weighted by Crippen LogP contribution is 2.30. The number of fused-ring (bicyclic) bond motifs is 1. The maximum atomic E-state index is 12.6. The van der Waals surface area contributed by atoms with Gasteiger partial charge in [-0.15, -0.1) is 0 Å². The van der Waals surface area contributed by atoms with E-state index in [1.807, 2.05) is 13.0 Å². The molecule has 0 aliphatic rings. The molecular weight excluding hydrogens is 420 g/mol. The maximum absolute atomic E-state index is 12.6. The standard InChI is InChI=1S/C18H15ClN4O3S2/c1-2-3-17(24)22-18-21-15-7-4-12(9-16(15)27-18)23-28(25,26)13-5-6-14(19)11(8-13)10-20/h4-9,23H,2-3H2,1H3,(H,21,22,24). The van der Waals surface area contributed by atoms with Crippen LogP contribution >= 0.6 is 22.9 Å². The number of thiazole rings is 1. The van der Waals surface area contributed by atoms with E-state index in [9.17, 15) is 13.2 Å². The van der Waals surface area contributed by atoms with E-state index in [0.717, 1.165) is 11.1 Å². The zero-order valence-corrected chi connectivity index (χ0v) is 17.1. The molecule has 0 bridgehead atoms. The van der Waals surface area contributed by atoms with E-state index in [0.29, 0.717) is 22.8 Å². The van der Waals surface area contributed by atoms with Crippen LogP contribution in [0.3, 0.4) is 0 Å². The lowest BCUT2D eigenvalue weighted by atomic mass is 10.2. The Balaban J connectivity index is 1.85. The van der Waals surface area contributed by atoms with E-state index in [2.05, 4.69) is 15.0 Å². The van der Waals surface area contributed by atoms with Gasteiger partial charge in [-0.1, -0.05) is 29.9 Å². The third-order valence-electron chi connectivity index (χ3n) is 3.73. The van der Waals surface area contributed by atoms with E-state index >= 15 is 0 Å². The molecule has 1 heterocycles. The molecule has 0 saturated carbocycles. The highest BCUT2D eigenvalue weighted by molar-refractivity contribution is 7.92. The second-order valence-electron chi connectivity index (χ2n) is 5.86. The molecule has 1 amide bonds. The summed E-state index contributed by atoms with van der Waals surface area (Å²) in [5, 5.41) is 12.4. The third-order valence-corrected chi connectivity index (χ3v) is 6.37. The molecule has 10 heteroatoms. The van der Waals surface area contributed by atoms with Crippen molar-refractivity contribution >= 4 is 59.9 Å². The fraction of sp³-hybridized carbons (Fsp3) is 0.167. The monoisotopic (exact) mass is 434 g/mol. The number of nitriles is 1. The van der Waals surface area contributed by atoms with Crippen molar-refractivity contribution in [2.75, 3.05) is 10.0 Å². The summed E-state index contributed by atoms with van der Waals surface area (Å²) in [5.41, 5.74) is 1.07. The third kappa shape index (κ3) is 4.42. The number of hydrogen-bond donors (Lipinski definition) is 2. The summed E-state index contributed by atoms with van der Waals surface area (Å²) in [5.74, 6) is -0.112. The molecule has 2 aromatic carbocycles. The predicted molar refractivity (Wildman–Crippen MR) is 110 cm³/mol. The van der Waals surface area contributed by atoms with Crippen LogP contribution in [0.5, 0.6) is 0 Å². The number of benzene rings is 2. The van der Waals surface area contributed by atoms with Gasteiger partial charge in [-0.3, -0.25) is 9.52 Å². The van der Waals surface area contributed by atoms with Crippen LogP contribution in [0, 0.1) is 11.3 Å². The average Bonchev–Trinajstić information content (AvgIpc) is 3.03. The van der Waals surface area contributed by atoms with Gasteiger partial charge in [-0.05, 0) is 42.8 Å². The summed E-state index contributed by atoms with van der Waals surface area (Å²) >= 11 is 7.11. The van der Waals surface area contributed by atoms with Crippen molar-refractivity contribution in [3.8, 4) is 6.07 Å². The van der Waals surface area contributed by atoms with Crippen LogP contribution in [0.25, 0.3) is 10.2 Å². The molecule has 2 N–H and O–H groups in total. The Kier molecular flexibility index (Phi) is 5.84. The quantitative estimate of drug-likeness (QED) is 0.598. The summed E-state index contributed by atoms with van der Waals surface area (Å²) in [7, 11) is -3.90. The minimum atomic E-state index is -3.90. The molecule has 0 fully saturated rings. The second-order valence-corrected chi connectivity index (χ2v) is 8.98. The van der Waals surface area contributed by atoms with Gasteiger partial charge < -0.3 is 5.32 Å². The first kappa shape index (κ1) is 20.1. The largest absolute Gasteiger partial charge is 0.302 e. The Morgan fingerprint density at radius 2 is 2.07 bits per heavy atom. The first-order valence-electron chi connectivity index (χ1n) is 8.25. The lowest BCUT2D eigenvalue weighted by Crippen LogP contribution is -2.13. The molecule has 1 aromatic heterocycles. The molecule has 0 aliphatic heterocycles. The van der Waals surface area contributed by atoms with Crippen molar-refractivity contribution in [3.05, 3.63) is 47.0 Å². The van der Waals surface area contributed by atoms with Gasteiger partial charge >= 0.3 is 0 Å². The normalized spacial score (nSPS) is 11.2. The molecule has 28 heavy (non-hydrogen) atoms. The molecule has 3 aromatic rings. The van der Waals surface area contributed by atoms with E-state index in [4.69, 9.17) is 16.9 Å². The number of amides is 1. The number of carbonyl (C=O) groups excluding carboxylic acids is 1. The van der Waals surface area contributed by atoms with Gasteiger partial charge in [-0.25, -0.2) is 13.4 Å². The summed E-state index contributed by atoms with van der Waals surface area (Å²) < 4.78 is 28.4. The fourth-order valence-corrected chi connectivity index (χ4v) is 4.58. The first-order valence-corrected chi connectivity index (χ1v) is 10.9. The Labute approximate surface area is 171 Å². The van der Waals surface area contributed by atoms with Crippen molar-refractivity contribution in [1.82, 2.24) is 4.98 Å². The summed E-state index contributed by atoms with van der Waals surface area (Å²) in [6.45, 7) is 1.91. The lowest BCUT2D eigenvalue weighted by molar-refractivity contribution is -0.116. The first-order chi connectivity index (χ1) is 13.3. The Morgan fingerprint density at radius 1 is 1.29 bits per heavy atom. The number of nitrogens with one attached hydrogen (secondary N) is 2. The molecule has 0 spiro atoms. The zero-order valence-electron chi connectivity index (χ0n) is 14.7. The van der Waals surface area contributed by atoms with Gasteiger partial charge in [0.2, 0.25) is 5.91 Å². The number of aromatic nitrogens is 1.